The summed E-state index contributed by atoms with van der Waals surface area (Å²) in [5.41, 5.74) is 2.26. The summed E-state index contributed by atoms with van der Waals surface area (Å²) in [6.45, 7) is 1.63. The Morgan fingerprint density at radius 3 is 2.71 bits per heavy atom. The summed E-state index contributed by atoms with van der Waals surface area (Å²) in [7, 11) is 0. The van der Waals surface area contributed by atoms with Crippen LogP contribution in [0.15, 0.2) is 59.5 Å². The number of anilines is 1. The molecule has 0 fully saturated rings. The Labute approximate surface area is 180 Å². The number of hydrogen-bond donors (Lipinski definition) is 1. The zero-order chi connectivity index (χ0) is 22.0. The Hall–Kier alpha value is -3.65. The topological polar surface area (TPSA) is 80.9 Å². The summed E-state index contributed by atoms with van der Waals surface area (Å²) in [4.78, 5) is 20.7. The number of aryl methyl sites for hydroxylation is 1. The largest absolute Gasteiger partial charge is 0.337 e. The Morgan fingerprint density at radius 1 is 1.16 bits per heavy atom. The van der Waals surface area contributed by atoms with E-state index in [-0.39, 0.29) is 28.7 Å². The van der Waals surface area contributed by atoms with E-state index in [0.717, 1.165) is 0 Å². The van der Waals surface area contributed by atoms with Crippen molar-refractivity contribution in [2.24, 2.45) is 0 Å². The molecule has 6 nitrogen and oxygen atoms in total. The number of carbonyl (C=O) groups excluding carboxylic acids is 1. The lowest BCUT2D eigenvalue weighted by Crippen LogP contribution is -2.15. The van der Waals surface area contributed by atoms with Crippen LogP contribution in [0, 0.1) is 18.6 Å². The molecule has 4 rings (SSSR count). The van der Waals surface area contributed by atoms with Crippen LogP contribution in [-0.2, 0) is 11.2 Å². The molecular formula is C22H15ClF2N4O2. The molecule has 0 saturated carbocycles. The number of carbonyl (C=O) groups is 1. The molecule has 1 N–H and O–H groups in total. The molecule has 0 radical (unpaired) electrons. The van der Waals surface area contributed by atoms with Crippen LogP contribution in [0.3, 0.4) is 0 Å². The van der Waals surface area contributed by atoms with Crippen LogP contribution in [0.4, 0.5) is 14.7 Å². The van der Waals surface area contributed by atoms with Crippen molar-refractivity contribution in [3.63, 3.8) is 0 Å². The average molecular weight is 441 g/mol. The highest BCUT2D eigenvalue weighted by molar-refractivity contribution is 6.31. The molecule has 0 spiro atoms. The highest BCUT2D eigenvalue weighted by Crippen LogP contribution is 2.37. The molecule has 9 heteroatoms. The van der Waals surface area contributed by atoms with E-state index in [1.807, 2.05) is 0 Å². The van der Waals surface area contributed by atoms with E-state index in [9.17, 15) is 13.6 Å². The van der Waals surface area contributed by atoms with E-state index in [0.29, 0.717) is 28.1 Å². The van der Waals surface area contributed by atoms with Crippen molar-refractivity contribution in [3.05, 3.63) is 82.8 Å². The molecule has 1 amide bonds. The second-order valence-corrected chi connectivity index (χ2v) is 7.13. The molecule has 0 saturated heterocycles. The Bertz CT molecular complexity index is 1240. The first kappa shape index (κ1) is 20.6. The van der Waals surface area contributed by atoms with Gasteiger partial charge in [-0.05, 0) is 48.9 Å². The van der Waals surface area contributed by atoms with Gasteiger partial charge in [0.15, 0.2) is 0 Å². The number of amides is 1. The van der Waals surface area contributed by atoms with Gasteiger partial charge in [0, 0.05) is 22.3 Å². The van der Waals surface area contributed by atoms with Crippen molar-refractivity contribution < 1.29 is 18.1 Å². The summed E-state index contributed by atoms with van der Waals surface area (Å²) in [5.74, 6) is -1.47. The summed E-state index contributed by atoms with van der Waals surface area (Å²) in [6, 6.07) is 10.3. The highest BCUT2D eigenvalue weighted by atomic mass is 35.5. The fraction of sp³-hybridized carbons (Fsp3) is 0.0909. The van der Waals surface area contributed by atoms with Crippen molar-refractivity contribution in [2.45, 2.75) is 13.3 Å². The van der Waals surface area contributed by atoms with Gasteiger partial charge in [-0.2, -0.15) is 0 Å². The van der Waals surface area contributed by atoms with Crippen LogP contribution < -0.4 is 5.32 Å². The molecule has 4 aromatic rings. The Morgan fingerprint density at radius 2 is 2.00 bits per heavy atom. The average Bonchev–Trinajstić information content (AvgIpc) is 3.17. The van der Waals surface area contributed by atoms with Crippen molar-refractivity contribution in [1.29, 1.82) is 0 Å². The molecule has 31 heavy (non-hydrogen) atoms. The van der Waals surface area contributed by atoms with Gasteiger partial charge in [0.25, 0.3) is 0 Å². The molecule has 2 aromatic heterocycles. The summed E-state index contributed by atoms with van der Waals surface area (Å²) in [6.07, 6.45) is 2.56. The van der Waals surface area contributed by atoms with E-state index < -0.39 is 11.7 Å². The van der Waals surface area contributed by atoms with Gasteiger partial charge in [0.2, 0.25) is 11.8 Å². The smallest absolute Gasteiger partial charge is 0.241 e. The van der Waals surface area contributed by atoms with Crippen LogP contribution in [-0.4, -0.2) is 21.0 Å². The molecule has 2 aromatic carbocycles. The number of aromatic nitrogens is 3. The number of hydrogen-bond acceptors (Lipinski definition) is 5. The normalized spacial score (nSPS) is 10.8. The lowest BCUT2D eigenvalue weighted by Gasteiger charge is -2.08. The first-order valence-electron chi connectivity index (χ1n) is 9.19. The molecule has 0 bridgehead atoms. The summed E-state index contributed by atoms with van der Waals surface area (Å²) in [5, 5.41) is 6.80. The van der Waals surface area contributed by atoms with Gasteiger partial charge < -0.3 is 4.52 Å². The summed E-state index contributed by atoms with van der Waals surface area (Å²) >= 11 is 6.01. The van der Waals surface area contributed by atoms with Crippen molar-refractivity contribution >= 4 is 23.4 Å². The van der Waals surface area contributed by atoms with Crippen LogP contribution in [0.2, 0.25) is 5.02 Å². The quantitative estimate of drug-likeness (QED) is 0.460. The Kier molecular flexibility index (Phi) is 5.73. The molecule has 2 heterocycles. The number of nitrogens with one attached hydrogen (secondary N) is 1. The second-order valence-electron chi connectivity index (χ2n) is 6.72. The monoisotopic (exact) mass is 440 g/mol. The number of rotatable bonds is 5. The van der Waals surface area contributed by atoms with Crippen LogP contribution in [0.25, 0.3) is 22.5 Å². The number of benzene rings is 2. The maximum Gasteiger partial charge on any atom is 0.241 e. The van der Waals surface area contributed by atoms with Crippen molar-refractivity contribution in [2.75, 3.05) is 5.32 Å². The molecular weight excluding hydrogens is 426 g/mol. The number of nitrogens with zero attached hydrogens (tertiary/aromatic N) is 3. The van der Waals surface area contributed by atoms with Gasteiger partial charge in [-0.1, -0.05) is 22.8 Å². The zero-order valence-electron chi connectivity index (χ0n) is 16.2. The van der Waals surface area contributed by atoms with Crippen molar-refractivity contribution in [1.82, 2.24) is 15.1 Å². The molecule has 0 atom stereocenters. The third kappa shape index (κ3) is 4.29. The fourth-order valence-corrected chi connectivity index (χ4v) is 3.30. The fourth-order valence-electron chi connectivity index (χ4n) is 3.07. The maximum absolute atomic E-state index is 14.0. The first-order chi connectivity index (χ1) is 14.9. The van der Waals surface area contributed by atoms with Gasteiger partial charge in [-0.3, -0.25) is 10.1 Å². The third-order valence-electron chi connectivity index (χ3n) is 4.61. The van der Waals surface area contributed by atoms with E-state index in [4.69, 9.17) is 16.1 Å². The molecule has 0 aliphatic carbocycles. The Balaban J connectivity index is 1.72. The van der Waals surface area contributed by atoms with E-state index in [1.54, 1.807) is 25.1 Å². The standard InChI is InChI=1S/C22H15ClF2N4O2/c1-12-9-13(5-6-16(12)24)21-20(18-7-8-26-11-27-18)22(31-29-21)28-19(30)10-14-15(23)3-2-4-17(14)25/h2-9,11H,10H2,1H3,(H,28,30). The van der Waals surface area contributed by atoms with Crippen LogP contribution in [0.5, 0.6) is 0 Å². The van der Waals surface area contributed by atoms with E-state index >= 15 is 0 Å². The minimum Gasteiger partial charge on any atom is -0.337 e. The lowest BCUT2D eigenvalue weighted by molar-refractivity contribution is -0.115. The predicted molar refractivity (Wildman–Crippen MR) is 111 cm³/mol. The molecule has 156 valence electrons. The maximum atomic E-state index is 14.0. The van der Waals surface area contributed by atoms with Crippen molar-refractivity contribution in [3.8, 4) is 22.5 Å². The van der Waals surface area contributed by atoms with E-state index in [2.05, 4.69) is 20.4 Å². The van der Waals surface area contributed by atoms with Gasteiger partial charge in [0.05, 0.1) is 17.7 Å². The van der Waals surface area contributed by atoms with Gasteiger partial charge >= 0.3 is 0 Å². The highest BCUT2D eigenvalue weighted by Gasteiger charge is 2.23. The minimum atomic E-state index is -0.585. The first-order valence-corrected chi connectivity index (χ1v) is 9.57. The molecule has 0 unspecified atom stereocenters. The van der Waals surface area contributed by atoms with Crippen LogP contribution >= 0.6 is 11.6 Å². The second kappa shape index (κ2) is 8.61. The van der Waals surface area contributed by atoms with Gasteiger partial charge in [-0.15, -0.1) is 0 Å². The number of halogens is 3. The predicted octanol–water partition coefficient (Wildman–Crippen LogP) is 5.22. The lowest BCUT2D eigenvalue weighted by atomic mass is 10.0. The summed E-state index contributed by atoms with van der Waals surface area (Å²) < 4.78 is 33.1. The minimum absolute atomic E-state index is 0.0214. The van der Waals surface area contributed by atoms with Gasteiger partial charge in [0.1, 0.15) is 23.7 Å². The zero-order valence-corrected chi connectivity index (χ0v) is 17.0. The van der Waals surface area contributed by atoms with Crippen LogP contribution in [0.1, 0.15) is 11.1 Å². The van der Waals surface area contributed by atoms with E-state index in [1.165, 1.54) is 36.8 Å². The van der Waals surface area contributed by atoms with Gasteiger partial charge in [-0.25, -0.2) is 18.7 Å². The molecule has 0 aliphatic rings. The molecule has 0 aliphatic heterocycles. The SMILES string of the molecule is Cc1cc(-c2noc(NC(=O)Cc3c(F)cccc3Cl)c2-c2ccncn2)ccc1F. The third-order valence-corrected chi connectivity index (χ3v) is 4.97.